The van der Waals surface area contributed by atoms with Crippen molar-refractivity contribution in [3.63, 3.8) is 0 Å². The van der Waals surface area contributed by atoms with Crippen LogP contribution in [-0.4, -0.2) is 34.3 Å². The first kappa shape index (κ1) is 20.2. The number of aromatic nitrogens is 1. The number of amides is 1. The highest BCUT2D eigenvalue weighted by atomic mass is 16.3. The molecule has 8 nitrogen and oxygen atoms in total. The fourth-order valence-corrected chi connectivity index (χ4v) is 3.98. The standard InChI is InChI=1S/C21H21N5O3/c1-12-4-3-5-17-20(12)16(10-23)15(21(28)25-17)8-19(27)24-13(2)18-7-6-14(9-22)11-26(18)29/h3-5,13-14,18H,6-8,11H2,1-2H3,(H-,24,25,27,28)/p+1/t13-,14?,18?/m0/s1. The third-order valence-electron chi connectivity index (χ3n) is 5.53. The number of aryl methyl sites for hydroxylation is 1. The number of pyridine rings is 1. The maximum absolute atomic E-state index is 12.6. The molecule has 148 valence electrons. The molecule has 2 heterocycles. The van der Waals surface area contributed by atoms with Gasteiger partial charge in [0.25, 0.3) is 5.56 Å². The lowest BCUT2D eigenvalue weighted by Gasteiger charge is -2.23. The number of nitrogens with zero attached hydrogens (tertiary/aromatic N) is 3. The van der Waals surface area contributed by atoms with E-state index in [1.165, 1.54) is 0 Å². The van der Waals surface area contributed by atoms with Gasteiger partial charge in [-0.1, -0.05) is 12.1 Å². The highest BCUT2D eigenvalue weighted by Crippen LogP contribution is 2.22. The number of piperidine rings is 1. The molecule has 0 radical (unpaired) electrons. The van der Waals surface area contributed by atoms with Gasteiger partial charge in [0, 0.05) is 32.6 Å². The lowest BCUT2D eigenvalue weighted by atomic mass is 9.92. The Morgan fingerprint density at radius 3 is 2.79 bits per heavy atom. The minimum absolute atomic E-state index is 0.117. The van der Waals surface area contributed by atoms with Crippen LogP contribution in [0.3, 0.4) is 0 Å². The molecule has 1 amide bonds. The van der Waals surface area contributed by atoms with Crippen molar-refractivity contribution in [2.75, 3.05) is 6.54 Å². The zero-order chi connectivity index (χ0) is 21.1. The first-order valence-electron chi connectivity index (χ1n) is 9.53. The molecule has 1 aromatic carbocycles. The van der Waals surface area contributed by atoms with Gasteiger partial charge in [-0.25, -0.2) is 0 Å². The monoisotopic (exact) mass is 392 g/mol. The summed E-state index contributed by atoms with van der Waals surface area (Å²) >= 11 is 0. The van der Waals surface area contributed by atoms with Crippen molar-refractivity contribution in [1.82, 2.24) is 10.3 Å². The van der Waals surface area contributed by atoms with Crippen molar-refractivity contribution < 1.29 is 9.55 Å². The fourth-order valence-electron chi connectivity index (χ4n) is 3.98. The highest BCUT2D eigenvalue weighted by Gasteiger charge is 2.39. The predicted octanol–water partition coefficient (Wildman–Crippen LogP) is 1.84. The van der Waals surface area contributed by atoms with Crippen molar-refractivity contribution in [3.8, 4) is 12.1 Å². The van der Waals surface area contributed by atoms with Crippen molar-refractivity contribution in [3.05, 3.63) is 50.2 Å². The van der Waals surface area contributed by atoms with E-state index in [1.807, 2.05) is 13.0 Å². The second-order valence-electron chi connectivity index (χ2n) is 7.52. The van der Waals surface area contributed by atoms with Gasteiger partial charge in [0.2, 0.25) is 18.5 Å². The first-order chi connectivity index (χ1) is 13.8. The van der Waals surface area contributed by atoms with Crippen LogP contribution in [0.25, 0.3) is 10.9 Å². The molecule has 2 aromatic rings. The number of nitroso groups, excluding NO2 is 1. The number of hydrogen-bond acceptors (Lipinski definition) is 5. The molecule has 1 saturated heterocycles. The van der Waals surface area contributed by atoms with Crippen LogP contribution >= 0.6 is 0 Å². The Hall–Kier alpha value is -3.52. The molecule has 3 atom stereocenters. The van der Waals surface area contributed by atoms with Crippen LogP contribution in [-0.2, 0) is 11.2 Å². The summed E-state index contributed by atoms with van der Waals surface area (Å²) in [5, 5.41) is 22.0. The summed E-state index contributed by atoms with van der Waals surface area (Å²) in [6.07, 6.45) is 0.879. The summed E-state index contributed by atoms with van der Waals surface area (Å²) in [6.45, 7) is 3.71. The van der Waals surface area contributed by atoms with Gasteiger partial charge >= 0.3 is 0 Å². The van der Waals surface area contributed by atoms with Crippen LogP contribution in [0, 0.1) is 40.4 Å². The molecule has 1 aromatic heterocycles. The minimum atomic E-state index is -0.470. The molecule has 2 N–H and O–H groups in total. The third-order valence-corrected chi connectivity index (χ3v) is 5.53. The van der Waals surface area contributed by atoms with Gasteiger partial charge in [-0.15, -0.1) is 0 Å². The van der Waals surface area contributed by atoms with Gasteiger partial charge in [-0.2, -0.15) is 10.5 Å². The summed E-state index contributed by atoms with van der Waals surface area (Å²) in [5.74, 6) is -0.715. The quantitative estimate of drug-likeness (QED) is 0.767. The number of rotatable bonds is 4. The maximum Gasteiger partial charge on any atom is 0.253 e. The van der Waals surface area contributed by atoms with Gasteiger partial charge in [-0.3, -0.25) is 9.59 Å². The number of H-pyrrole nitrogens is 1. The van der Waals surface area contributed by atoms with Crippen molar-refractivity contribution >= 4 is 16.8 Å². The Labute approximate surface area is 167 Å². The van der Waals surface area contributed by atoms with Crippen molar-refractivity contribution in [2.24, 2.45) is 5.92 Å². The first-order valence-corrected chi connectivity index (χ1v) is 9.53. The lowest BCUT2D eigenvalue weighted by Crippen LogP contribution is -2.49. The molecular formula is C21H22N5O3+. The van der Waals surface area contributed by atoms with Crippen LogP contribution < -0.4 is 10.9 Å². The molecule has 8 heteroatoms. The number of aromatic amines is 1. The van der Waals surface area contributed by atoms with Crippen LogP contribution in [0.2, 0.25) is 0 Å². The third kappa shape index (κ3) is 4.02. The average molecular weight is 392 g/mol. The number of nitriles is 2. The topological polar surface area (TPSA) is 130 Å². The number of carbonyl (C=O) groups is 1. The van der Waals surface area contributed by atoms with Gasteiger partial charge in [0.1, 0.15) is 12.0 Å². The number of hydrogen-bond donors (Lipinski definition) is 2. The van der Waals surface area contributed by atoms with Gasteiger partial charge in [-0.05, 0) is 31.9 Å². The van der Waals surface area contributed by atoms with E-state index in [-0.39, 0.29) is 30.0 Å². The van der Waals surface area contributed by atoms with Crippen molar-refractivity contribution in [2.45, 2.75) is 45.2 Å². The molecular weight excluding hydrogens is 370 g/mol. The van der Waals surface area contributed by atoms with Crippen molar-refractivity contribution in [1.29, 1.82) is 10.5 Å². The maximum atomic E-state index is 12.6. The van der Waals surface area contributed by atoms with E-state index in [1.54, 1.807) is 19.1 Å². The number of carbonyl (C=O) groups excluding carboxylic acids is 1. The molecule has 0 bridgehead atoms. The largest absolute Gasteiger partial charge is 0.347 e. The summed E-state index contributed by atoms with van der Waals surface area (Å²) in [5.41, 5.74) is 1.24. The van der Waals surface area contributed by atoms with E-state index >= 15 is 0 Å². The lowest BCUT2D eigenvalue weighted by molar-refractivity contribution is -0.603. The second kappa shape index (κ2) is 8.24. The summed E-state index contributed by atoms with van der Waals surface area (Å²) in [4.78, 5) is 40.0. The smallest absolute Gasteiger partial charge is 0.253 e. The summed E-state index contributed by atoms with van der Waals surface area (Å²) in [7, 11) is 0. The normalized spacial score (nSPS) is 19.9. The molecule has 2 unspecified atom stereocenters. The Kier molecular flexibility index (Phi) is 5.74. The number of benzene rings is 1. The van der Waals surface area contributed by atoms with E-state index in [0.717, 1.165) is 10.3 Å². The summed E-state index contributed by atoms with van der Waals surface area (Å²) < 4.78 is 0.856. The Morgan fingerprint density at radius 1 is 1.38 bits per heavy atom. The van der Waals surface area contributed by atoms with Crippen LogP contribution in [0.15, 0.2) is 23.0 Å². The number of fused-ring (bicyclic) bond motifs is 1. The Morgan fingerprint density at radius 2 is 2.14 bits per heavy atom. The molecule has 0 spiro atoms. The van der Waals surface area contributed by atoms with Crippen LogP contribution in [0.1, 0.15) is 36.5 Å². The fraction of sp³-hybridized carbons (Fsp3) is 0.429. The zero-order valence-corrected chi connectivity index (χ0v) is 16.4. The van der Waals surface area contributed by atoms with Gasteiger partial charge < -0.3 is 10.3 Å². The molecule has 0 aliphatic carbocycles. The Bertz CT molecular complexity index is 1120. The molecule has 3 rings (SSSR count). The number of nitrogens with one attached hydrogen (secondary N) is 2. The highest BCUT2D eigenvalue weighted by molar-refractivity contribution is 5.90. The molecule has 1 aliphatic rings. The van der Waals surface area contributed by atoms with E-state index in [4.69, 9.17) is 5.26 Å². The predicted molar refractivity (Wildman–Crippen MR) is 106 cm³/mol. The van der Waals surface area contributed by atoms with Crippen LogP contribution in [0.4, 0.5) is 0 Å². The average Bonchev–Trinajstić information content (AvgIpc) is 2.68. The Balaban J connectivity index is 1.80. The van der Waals surface area contributed by atoms with E-state index in [9.17, 15) is 19.8 Å². The second-order valence-corrected chi connectivity index (χ2v) is 7.52. The van der Waals surface area contributed by atoms with Gasteiger partial charge in [0.15, 0.2) is 0 Å². The zero-order valence-electron chi connectivity index (χ0n) is 16.4. The van der Waals surface area contributed by atoms with E-state index < -0.39 is 23.6 Å². The molecule has 1 fully saturated rings. The molecule has 0 saturated carbocycles. The summed E-state index contributed by atoms with van der Waals surface area (Å²) in [6, 6.07) is 8.67. The van der Waals surface area contributed by atoms with Crippen LogP contribution in [0.5, 0.6) is 0 Å². The van der Waals surface area contributed by atoms with E-state index in [2.05, 4.69) is 22.4 Å². The van der Waals surface area contributed by atoms with Gasteiger partial charge in [0.05, 0.1) is 24.1 Å². The molecule has 29 heavy (non-hydrogen) atoms. The molecule has 1 aliphatic heterocycles. The SMILES string of the molecule is Cc1cccc2[nH]c(=O)c(CC(=O)N[C@@H](C)C3CCC(C#N)C[N+]3=O)c(C#N)c12. The van der Waals surface area contributed by atoms with E-state index in [0.29, 0.717) is 23.7 Å². The minimum Gasteiger partial charge on any atom is -0.347 e.